The summed E-state index contributed by atoms with van der Waals surface area (Å²) < 4.78 is 0. The van der Waals surface area contributed by atoms with E-state index in [1.54, 1.807) is 0 Å². The van der Waals surface area contributed by atoms with Crippen LogP contribution in [0, 0.1) is 0 Å². The molecule has 0 fully saturated rings. The Morgan fingerprint density at radius 3 is 1.22 bits per heavy atom. The van der Waals surface area contributed by atoms with Gasteiger partial charge in [0.15, 0.2) is 5.60 Å². The molecule has 0 saturated heterocycles. The molecule has 0 heterocycles. The Morgan fingerprint density at radius 2 is 1.11 bits per heavy atom. The molecule has 0 atom stereocenters. The normalized spacial score (nSPS) is 9.22. The van der Waals surface area contributed by atoms with E-state index in [-0.39, 0.29) is 12.4 Å². The van der Waals surface area contributed by atoms with Gasteiger partial charge in [0.25, 0.3) is 5.97 Å². The number of carbonyl (C=O) groups is 4. The third-order valence-electron chi connectivity index (χ3n) is 1.29. The van der Waals surface area contributed by atoms with Gasteiger partial charge >= 0.3 is 17.9 Å². The van der Waals surface area contributed by atoms with Crippen LogP contribution >= 0.6 is 12.4 Å². The first-order chi connectivity index (χ1) is 7.51. The molecular formula is C8H13ClO9. The summed E-state index contributed by atoms with van der Waals surface area (Å²) in [5.41, 5.74) is -2.74. The zero-order valence-corrected chi connectivity index (χ0v) is 10.0. The van der Waals surface area contributed by atoms with Gasteiger partial charge in [0, 0.05) is 6.92 Å². The summed E-state index contributed by atoms with van der Waals surface area (Å²) in [6, 6.07) is 0. The van der Waals surface area contributed by atoms with E-state index in [1.807, 2.05) is 0 Å². The van der Waals surface area contributed by atoms with Gasteiger partial charge in [-0.1, -0.05) is 0 Å². The second-order valence-electron chi connectivity index (χ2n) is 3.00. The lowest BCUT2D eigenvalue weighted by Gasteiger charge is -2.18. The van der Waals surface area contributed by atoms with Gasteiger partial charge in [-0.15, -0.1) is 12.4 Å². The van der Waals surface area contributed by atoms with Crippen LogP contribution in [0.2, 0.25) is 0 Å². The van der Waals surface area contributed by atoms with Crippen molar-refractivity contribution in [1.82, 2.24) is 0 Å². The average Bonchev–Trinajstić information content (AvgIpc) is 1.98. The first-order valence-electron chi connectivity index (χ1n) is 4.10. The van der Waals surface area contributed by atoms with Gasteiger partial charge < -0.3 is 25.5 Å². The average molecular weight is 289 g/mol. The summed E-state index contributed by atoms with van der Waals surface area (Å²) in [6.45, 7) is 1.08. The fraction of sp³-hybridized carbons (Fsp3) is 0.500. The van der Waals surface area contributed by atoms with Crippen LogP contribution in [-0.4, -0.2) is 55.0 Å². The lowest BCUT2D eigenvalue weighted by molar-refractivity contribution is -0.170. The Labute approximate surface area is 107 Å². The summed E-state index contributed by atoms with van der Waals surface area (Å²) in [4.78, 5) is 39.5. The molecule has 0 radical (unpaired) electrons. The van der Waals surface area contributed by atoms with Gasteiger partial charge in [0.2, 0.25) is 0 Å². The molecule has 0 aliphatic carbocycles. The molecule has 0 aromatic heterocycles. The zero-order chi connectivity index (χ0) is 14.2. The molecule has 10 heteroatoms. The molecule has 0 aliphatic rings. The number of hydrogen-bond acceptors (Lipinski definition) is 5. The highest BCUT2D eigenvalue weighted by Crippen LogP contribution is 2.15. The quantitative estimate of drug-likeness (QED) is 0.437. The Hall–Kier alpha value is -1.87. The van der Waals surface area contributed by atoms with Crippen molar-refractivity contribution in [2.45, 2.75) is 25.4 Å². The first-order valence-corrected chi connectivity index (χ1v) is 4.10. The second-order valence-corrected chi connectivity index (χ2v) is 3.00. The number of rotatable bonds is 5. The fourth-order valence-corrected chi connectivity index (χ4v) is 0.714. The molecular weight excluding hydrogens is 276 g/mol. The fourth-order valence-electron chi connectivity index (χ4n) is 0.714. The standard InChI is InChI=1S/C6H8O7.C2H4O2.ClH/c7-3(8)1-6(13,5(11)12)2-4(9)10;1-2(3)4;/h13H,1-2H2,(H,7,8)(H,9,10)(H,11,12);1H3,(H,3,4);1H. The van der Waals surface area contributed by atoms with Crippen molar-refractivity contribution < 1.29 is 44.7 Å². The number of halogens is 1. The summed E-state index contributed by atoms with van der Waals surface area (Å²) in [5, 5.41) is 41.2. The van der Waals surface area contributed by atoms with Crippen molar-refractivity contribution in [1.29, 1.82) is 0 Å². The van der Waals surface area contributed by atoms with E-state index in [1.165, 1.54) is 0 Å². The van der Waals surface area contributed by atoms with Crippen LogP contribution in [0.25, 0.3) is 0 Å². The molecule has 0 aromatic rings. The largest absolute Gasteiger partial charge is 0.481 e. The number of hydrogen-bond donors (Lipinski definition) is 5. The summed E-state index contributed by atoms with van der Waals surface area (Å²) in [7, 11) is 0. The minimum Gasteiger partial charge on any atom is -0.481 e. The maximum absolute atomic E-state index is 10.3. The van der Waals surface area contributed by atoms with Crippen molar-refractivity contribution in [3.05, 3.63) is 0 Å². The van der Waals surface area contributed by atoms with Gasteiger partial charge in [-0.3, -0.25) is 14.4 Å². The van der Waals surface area contributed by atoms with Crippen LogP contribution in [-0.2, 0) is 19.2 Å². The molecule has 0 saturated carbocycles. The SMILES string of the molecule is CC(=O)O.Cl.O=C(O)CC(O)(CC(=O)O)C(=O)O. The van der Waals surface area contributed by atoms with Crippen LogP contribution < -0.4 is 0 Å². The van der Waals surface area contributed by atoms with Crippen LogP contribution in [0.1, 0.15) is 19.8 Å². The van der Waals surface area contributed by atoms with Crippen LogP contribution in [0.15, 0.2) is 0 Å². The molecule has 0 bridgehead atoms. The molecule has 0 aromatic carbocycles. The van der Waals surface area contributed by atoms with Crippen molar-refractivity contribution in [3.8, 4) is 0 Å². The van der Waals surface area contributed by atoms with E-state index < -0.39 is 42.3 Å². The van der Waals surface area contributed by atoms with Crippen molar-refractivity contribution >= 4 is 36.3 Å². The number of aliphatic hydroxyl groups is 1. The van der Waals surface area contributed by atoms with Gasteiger partial charge in [0.1, 0.15) is 0 Å². The van der Waals surface area contributed by atoms with Crippen molar-refractivity contribution in [3.63, 3.8) is 0 Å². The Kier molecular flexibility index (Phi) is 10.9. The molecule has 0 aliphatic heterocycles. The number of carboxylic acid groups (broad SMARTS) is 4. The van der Waals surface area contributed by atoms with E-state index in [9.17, 15) is 14.4 Å². The maximum atomic E-state index is 10.3. The molecule has 106 valence electrons. The van der Waals surface area contributed by atoms with Crippen molar-refractivity contribution in [2.24, 2.45) is 0 Å². The van der Waals surface area contributed by atoms with Gasteiger partial charge in [-0.05, 0) is 0 Å². The van der Waals surface area contributed by atoms with E-state index >= 15 is 0 Å². The highest BCUT2D eigenvalue weighted by molar-refractivity contribution is 5.88. The molecule has 9 nitrogen and oxygen atoms in total. The number of carboxylic acids is 4. The Balaban J connectivity index is -0.000000392. The van der Waals surface area contributed by atoms with Crippen LogP contribution in [0.4, 0.5) is 0 Å². The lowest BCUT2D eigenvalue weighted by atomic mass is 9.96. The first kappa shape index (κ1) is 21.4. The summed E-state index contributed by atoms with van der Waals surface area (Å²) in [6.07, 6.45) is -2.29. The van der Waals surface area contributed by atoms with Gasteiger partial charge in [-0.25, -0.2) is 4.79 Å². The lowest BCUT2D eigenvalue weighted by Crippen LogP contribution is -2.42. The molecule has 0 rings (SSSR count). The zero-order valence-electron chi connectivity index (χ0n) is 9.19. The van der Waals surface area contributed by atoms with E-state index in [2.05, 4.69) is 0 Å². The van der Waals surface area contributed by atoms with E-state index in [4.69, 9.17) is 30.3 Å². The third kappa shape index (κ3) is 12.2. The molecule has 0 spiro atoms. The summed E-state index contributed by atoms with van der Waals surface area (Å²) >= 11 is 0. The maximum Gasteiger partial charge on any atom is 0.336 e. The minimum atomic E-state index is -2.74. The molecule has 18 heavy (non-hydrogen) atoms. The van der Waals surface area contributed by atoms with Crippen LogP contribution in [0.5, 0.6) is 0 Å². The van der Waals surface area contributed by atoms with Gasteiger partial charge in [-0.2, -0.15) is 0 Å². The third-order valence-corrected chi connectivity index (χ3v) is 1.29. The molecule has 0 amide bonds. The predicted octanol–water partition coefficient (Wildman–Crippen LogP) is -0.736. The summed E-state index contributed by atoms with van der Waals surface area (Å²) in [5.74, 6) is -5.85. The predicted molar refractivity (Wildman–Crippen MR) is 57.6 cm³/mol. The van der Waals surface area contributed by atoms with E-state index in [0.717, 1.165) is 6.92 Å². The molecule has 5 N–H and O–H groups in total. The van der Waals surface area contributed by atoms with E-state index in [0.29, 0.717) is 0 Å². The highest BCUT2D eigenvalue weighted by atomic mass is 35.5. The monoisotopic (exact) mass is 288 g/mol. The van der Waals surface area contributed by atoms with Gasteiger partial charge in [0.05, 0.1) is 12.8 Å². The number of aliphatic carboxylic acids is 4. The Bertz CT molecular complexity index is 305. The minimum absolute atomic E-state index is 0. The topological polar surface area (TPSA) is 169 Å². The molecule has 0 unspecified atom stereocenters. The smallest absolute Gasteiger partial charge is 0.336 e. The highest BCUT2D eigenvalue weighted by Gasteiger charge is 2.40. The second kappa shape index (κ2) is 9.19. The van der Waals surface area contributed by atoms with Crippen LogP contribution in [0.3, 0.4) is 0 Å². The van der Waals surface area contributed by atoms with Crippen molar-refractivity contribution in [2.75, 3.05) is 0 Å². The Morgan fingerprint density at radius 1 is 0.889 bits per heavy atom.